The van der Waals surface area contributed by atoms with Crippen LogP contribution in [0.3, 0.4) is 0 Å². The SMILES string of the molecule is C=C1N=C(N)C=CN1[C@@H]1O[C@@](CO)(CCl)[C@@H](OC(=O)CC)[C@H]1F.C=C1N=C(N)C=CN1[C@@H]1O[C@](CCl)(COC(=O)CCCCC)[C@@H](OC(=O)CCCCC)[C@H]1F.C=C1N=C(N)C=CN1[C@@H]1O[C@](CCl)(COP(=O)(OCOC(=O)OC(C)C)OCOC(=O)OC(C)C)[C@@H](O)[C@H]1F.CCOc1nc(C)nc2c1ncn2[C@@H]1O[C@]2(F)CO[P@@](=O)(OC(C)C)O[C@H]2[C@@]1(C)O. The Morgan fingerprint density at radius 2 is 1.14 bits per heavy atom. The second-order valence-electron chi connectivity index (χ2n) is 29.8. The molecule has 5 saturated heterocycles. The molecule has 0 radical (unpaired) electrons. The summed E-state index contributed by atoms with van der Waals surface area (Å²) in [7, 11) is -8.84. The van der Waals surface area contributed by atoms with Crippen LogP contribution in [0.2, 0.25) is 0 Å². The van der Waals surface area contributed by atoms with Crippen molar-refractivity contribution < 1.29 is 150 Å². The number of nitrogens with two attached hydrogens (primary N) is 3. The van der Waals surface area contributed by atoms with Gasteiger partial charge in [-0.2, -0.15) is 4.98 Å². The molecule has 8 aliphatic heterocycles. The highest BCUT2D eigenvalue weighted by molar-refractivity contribution is 7.48. The molecule has 0 saturated carbocycles. The molecule has 9 N–H and O–H groups in total. The topological polar surface area (TPSA) is 515 Å². The predicted octanol–water partition coefficient (Wildman–Crippen LogP) is 9.86. The van der Waals surface area contributed by atoms with E-state index in [2.05, 4.69) is 59.1 Å². The first-order chi connectivity index (χ1) is 58.9. The smallest absolute Gasteiger partial charge is 0.476 e. The molecular formula is C75H110Cl3F4N13O28P2. The van der Waals surface area contributed by atoms with Crippen LogP contribution in [0.15, 0.2) is 95.3 Å². The fourth-order valence-electron chi connectivity index (χ4n) is 12.8. The Balaban J connectivity index is 0.000000232. The monoisotopic (exact) mass is 1880 g/mol. The van der Waals surface area contributed by atoms with Gasteiger partial charge in [0.05, 0.1) is 62.1 Å². The summed E-state index contributed by atoms with van der Waals surface area (Å²) >= 11 is 18.1. The van der Waals surface area contributed by atoms with Gasteiger partial charge in [0, 0.05) is 37.9 Å². The number of nitrogens with zero attached hydrogens (tertiary/aromatic N) is 10. The van der Waals surface area contributed by atoms with Crippen molar-refractivity contribution in [3.05, 3.63) is 86.2 Å². The molecular weight excluding hydrogens is 1780 g/mol. The number of aryl methyl sites for hydroxylation is 1. The molecule has 702 valence electrons. The molecule has 0 amide bonds. The second kappa shape index (κ2) is 45.9. The number of rotatable bonds is 36. The van der Waals surface area contributed by atoms with Gasteiger partial charge < -0.3 is 104 Å². The highest BCUT2D eigenvalue weighted by Gasteiger charge is 2.70. The van der Waals surface area contributed by atoms with Crippen LogP contribution in [0.25, 0.3) is 11.2 Å². The molecule has 0 aliphatic carbocycles. The number of aliphatic hydroxyl groups excluding tert-OH is 2. The first-order valence-electron chi connectivity index (χ1n) is 39.6. The number of hydrogen-bond donors (Lipinski definition) is 6. The maximum atomic E-state index is 15.7. The maximum Gasteiger partial charge on any atom is 0.510 e. The summed E-state index contributed by atoms with van der Waals surface area (Å²) in [6.45, 7) is 26.9. The highest BCUT2D eigenvalue weighted by Crippen LogP contribution is 2.63. The van der Waals surface area contributed by atoms with Gasteiger partial charge in [0.2, 0.25) is 19.5 Å². The van der Waals surface area contributed by atoms with Gasteiger partial charge in [0.1, 0.15) is 76.9 Å². The molecule has 10 rings (SSSR count). The second-order valence-corrected chi connectivity index (χ2v) is 33.9. The third-order valence-electron chi connectivity index (χ3n) is 18.9. The number of alkyl halides is 7. The van der Waals surface area contributed by atoms with E-state index in [9.17, 15) is 52.8 Å². The third-order valence-corrected chi connectivity index (χ3v) is 23.2. The quantitative estimate of drug-likeness (QED) is 0.00702. The van der Waals surface area contributed by atoms with Crippen molar-refractivity contribution in [2.75, 3.05) is 64.3 Å². The van der Waals surface area contributed by atoms with E-state index in [4.69, 9.17) is 127 Å². The number of imidazole rings is 1. The number of carbonyl (C=O) groups excluding carboxylic acids is 5. The van der Waals surface area contributed by atoms with Gasteiger partial charge in [0.15, 0.2) is 78.5 Å². The number of phosphoric ester groups is 2. The van der Waals surface area contributed by atoms with Crippen LogP contribution in [-0.2, 0) is 103 Å². The van der Waals surface area contributed by atoms with E-state index < -0.39 is 200 Å². The van der Waals surface area contributed by atoms with Gasteiger partial charge in [-0.15, -0.1) is 34.8 Å². The molecule has 8 aliphatic rings. The molecule has 0 spiro atoms. The first-order valence-corrected chi connectivity index (χ1v) is 44.1. The summed E-state index contributed by atoms with van der Waals surface area (Å²) in [6, 6.07) is 0. The number of aliphatic hydroxyl groups is 3. The Bertz CT molecular complexity index is 4350. The van der Waals surface area contributed by atoms with Crippen molar-refractivity contribution in [1.82, 2.24) is 34.2 Å². The Labute approximate surface area is 733 Å². The van der Waals surface area contributed by atoms with Gasteiger partial charge in [-0.3, -0.25) is 37.0 Å². The van der Waals surface area contributed by atoms with E-state index in [-0.39, 0.29) is 84.1 Å². The largest absolute Gasteiger partial charge is 0.510 e. The zero-order valence-electron chi connectivity index (χ0n) is 71.0. The van der Waals surface area contributed by atoms with Crippen LogP contribution in [-0.4, -0.2) is 270 Å². The fourth-order valence-corrected chi connectivity index (χ4v) is 16.3. The summed E-state index contributed by atoms with van der Waals surface area (Å²) in [5.41, 5.74) is 10.4. The summed E-state index contributed by atoms with van der Waals surface area (Å²) in [5.74, 6) is -3.66. The van der Waals surface area contributed by atoms with E-state index in [1.54, 1.807) is 62.3 Å². The van der Waals surface area contributed by atoms with E-state index in [1.165, 1.54) is 69.3 Å². The minimum atomic E-state index is -4.75. The van der Waals surface area contributed by atoms with Crippen molar-refractivity contribution in [3.63, 3.8) is 0 Å². The van der Waals surface area contributed by atoms with Crippen LogP contribution in [0.5, 0.6) is 5.88 Å². The van der Waals surface area contributed by atoms with E-state index in [0.29, 0.717) is 30.8 Å². The van der Waals surface area contributed by atoms with Crippen molar-refractivity contribution in [1.29, 1.82) is 0 Å². The van der Waals surface area contributed by atoms with Crippen molar-refractivity contribution in [2.45, 2.75) is 255 Å². The fraction of sp³-hybridized carbons (Fsp3) is 0.667. The van der Waals surface area contributed by atoms with Crippen LogP contribution >= 0.6 is 50.4 Å². The number of aromatic nitrogens is 4. The standard InChI is InChI=1S/C23H35ClFN3O5.C21H32ClFN3O12P.C17H24FN4O7P.C14H19ClFN3O4/c1-4-6-8-10-18(29)31-15-23(14-24)21(32-19(30)11-9-7-5-2)20(25)22(33-23)28-13-12-17(26)27-16(28)3;1-12(2)36-19(28)31-10-34-39(30,35-11-32-20(29)37-13(3)4)33-9-21(8-22)17(27)16(23)18(38-21)26-7-6-15(24)25-14(26)5;1-6-25-13-11-12(20-10(4)21-13)22(8-19-11)15-16(5,23)14-17(18,27-15)7-26-30(24,29-14)28-9(2)3;1-3-10(21)22-12-11(16)13(23-14(12,6-15)7-20)19-5-4-9(17)18-8(19)2/h12-13,20-22H,3-11,14-15H2,1-2H3,(H2,26,27);6-7,12-13,16-18,27H,5,8-11H2,1-4H3,(H2,24,25);8-9,14-15,23H,6-7H2,1-5H3;4-5,11-13,20H,2-3,6-7H2,1H3,(H2,17,18)/t20-,21+,22-,23-;16-,17+,18-,21-;14-,15+,16+,17+,30-;11-,12+,13-,14-/m1101/s1. The lowest BCUT2D eigenvalue weighted by molar-refractivity contribution is -0.220. The lowest BCUT2D eigenvalue weighted by Gasteiger charge is -2.37. The number of hydrogen-bond acceptors (Lipinski definition) is 40. The van der Waals surface area contributed by atoms with Crippen molar-refractivity contribution in [2.24, 2.45) is 32.2 Å². The molecule has 50 heteroatoms. The van der Waals surface area contributed by atoms with Gasteiger partial charge >= 0.3 is 45.9 Å². The molecule has 41 nitrogen and oxygen atoms in total. The highest BCUT2D eigenvalue weighted by atomic mass is 35.5. The Hall–Kier alpha value is -7.92. The van der Waals surface area contributed by atoms with E-state index in [1.807, 2.05) is 13.8 Å². The maximum absolute atomic E-state index is 15.7. The van der Waals surface area contributed by atoms with Gasteiger partial charge in [0.25, 0.3) is 5.85 Å². The molecule has 0 unspecified atom stereocenters. The Morgan fingerprint density at radius 1 is 0.664 bits per heavy atom. The number of carbonyl (C=O) groups is 5. The average Bonchev–Trinajstić information content (AvgIpc) is 1.55. The zero-order chi connectivity index (χ0) is 92.9. The van der Waals surface area contributed by atoms with Gasteiger partial charge in [-0.1, -0.05) is 66.2 Å². The molecule has 125 heavy (non-hydrogen) atoms. The Morgan fingerprint density at radius 3 is 1.59 bits per heavy atom. The van der Waals surface area contributed by atoms with Crippen LogP contribution in [0, 0.1) is 6.92 Å². The number of amidine groups is 3. The number of halogens is 7. The number of fused-ring (bicyclic) bond motifs is 2. The number of unbranched alkanes of at least 4 members (excludes halogenated alkanes) is 4. The lowest BCUT2D eigenvalue weighted by Crippen LogP contribution is -2.52. The normalized spacial score (nSPS) is 29.9. The lowest BCUT2D eigenvalue weighted by atomic mass is 9.95. The van der Waals surface area contributed by atoms with E-state index >= 15 is 13.2 Å². The Kier molecular flexibility index (Phi) is 38.2. The summed E-state index contributed by atoms with van der Waals surface area (Å²) < 4.78 is 183. The summed E-state index contributed by atoms with van der Waals surface area (Å²) in [6.07, 6.45) is -5.59. The van der Waals surface area contributed by atoms with E-state index in [0.717, 1.165) is 25.7 Å². The number of aliphatic imine (C=N–C) groups is 3. The minimum Gasteiger partial charge on any atom is -0.476 e. The molecule has 17 atom stereocenters. The summed E-state index contributed by atoms with van der Waals surface area (Å²) in [5, 5.41) is 31.5. The molecule has 10 heterocycles. The van der Waals surface area contributed by atoms with Gasteiger partial charge in [-0.25, -0.2) is 70.3 Å². The van der Waals surface area contributed by atoms with Crippen LogP contribution < -0.4 is 21.9 Å². The molecule has 2 aromatic rings. The minimum absolute atomic E-state index is 0.0225. The van der Waals surface area contributed by atoms with Gasteiger partial charge in [-0.05, 0) is 93.4 Å². The predicted molar refractivity (Wildman–Crippen MR) is 439 cm³/mol. The molecule has 2 aromatic heterocycles. The first kappa shape index (κ1) is 104. The number of ether oxygens (including phenoxy) is 12. The van der Waals surface area contributed by atoms with Crippen molar-refractivity contribution >= 4 is 109 Å². The average molecular weight is 1890 g/mol. The zero-order valence-corrected chi connectivity index (χ0v) is 75.0. The third kappa shape index (κ3) is 26.4. The molecule has 0 bridgehead atoms. The van der Waals surface area contributed by atoms with Crippen LogP contribution in [0.4, 0.5) is 27.2 Å². The molecule has 5 fully saturated rings. The van der Waals surface area contributed by atoms with Crippen molar-refractivity contribution in [3.8, 4) is 5.88 Å². The summed E-state index contributed by atoms with van der Waals surface area (Å²) in [4.78, 5) is 87.9. The number of phosphoric acid groups is 2. The molecule has 0 aromatic carbocycles. The van der Waals surface area contributed by atoms with Crippen LogP contribution in [0.1, 0.15) is 146 Å². The number of esters is 3.